The average molecular weight is 259 g/mol. The van der Waals surface area contributed by atoms with Crippen LogP contribution in [0.2, 0.25) is 0 Å². The van der Waals surface area contributed by atoms with E-state index in [0.717, 1.165) is 25.1 Å². The molecule has 2 rings (SSSR count). The number of hydrogen-bond donors (Lipinski definition) is 2. The SMILES string of the molecule is CC(NCC1(O)CCN(C)C1)c1ccc(C#N)cc1. The van der Waals surface area contributed by atoms with E-state index in [0.29, 0.717) is 12.1 Å². The number of benzene rings is 1. The molecule has 1 aromatic carbocycles. The largest absolute Gasteiger partial charge is 0.387 e. The van der Waals surface area contributed by atoms with Crippen LogP contribution in [0.3, 0.4) is 0 Å². The number of aliphatic hydroxyl groups is 1. The highest BCUT2D eigenvalue weighted by Crippen LogP contribution is 2.20. The third kappa shape index (κ3) is 3.54. The van der Waals surface area contributed by atoms with Gasteiger partial charge in [0, 0.05) is 25.7 Å². The van der Waals surface area contributed by atoms with Gasteiger partial charge in [-0.15, -0.1) is 0 Å². The van der Waals surface area contributed by atoms with Crippen molar-refractivity contribution in [2.24, 2.45) is 0 Å². The Hall–Kier alpha value is -1.41. The molecule has 2 unspecified atom stereocenters. The highest BCUT2D eigenvalue weighted by atomic mass is 16.3. The molecule has 1 fully saturated rings. The summed E-state index contributed by atoms with van der Waals surface area (Å²) in [6, 6.07) is 9.85. The average Bonchev–Trinajstić information content (AvgIpc) is 2.76. The van der Waals surface area contributed by atoms with Crippen molar-refractivity contribution < 1.29 is 5.11 Å². The van der Waals surface area contributed by atoms with Crippen LogP contribution >= 0.6 is 0 Å². The van der Waals surface area contributed by atoms with E-state index in [-0.39, 0.29) is 6.04 Å². The Morgan fingerprint density at radius 1 is 1.47 bits per heavy atom. The van der Waals surface area contributed by atoms with Crippen molar-refractivity contribution in [2.45, 2.75) is 25.0 Å². The fourth-order valence-corrected chi connectivity index (χ4v) is 2.51. The van der Waals surface area contributed by atoms with Crippen molar-refractivity contribution in [3.8, 4) is 6.07 Å². The second kappa shape index (κ2) is 5.70. The fourth-order valence-electron chi connectivity index (χ4n) is 2.51. The van der Waals surface area contributed by atoms with Crippen LogP contribution in [0.5, 0.6) is 0 Å². The van der Waals surface area contributed by atoms with Crippen LogP contribution in [0.15, 0.2) is 24.3 Å². The van der Waals surface area contributed by atoms with Gasteiger partial charge in [0.25, 0.3) is 0 Å². The van der Waals surface area contributed by atoms with Gasteiger partial charge >= 0.3 is 0 Å². The van der Waals surface area contributed by atoms with E-state index < -0.39 is 5.60 Å². The molecule has 1 aromatic rings. The summed E-state index contributed by atoms with van der Waals surface area (Å²) in [6.07, 6.45) is 0.816. The predicted octanol–water partition coefficient (Wildman–Crippen LogP) is 1.28. The number of nitriles is 1. The number of nitrogens with zero attached hydrogens (tertiary/aromatic N) is 2. The summed E-state index contributed by atoms with van der Waals surface area (Å²) in [5.41, 5.74) is 1.19. The zero-order chi connectivity index (χ0) is 13.9. The lowest BCUT2D eigenvalue weighted by Gasteiger charge is -2.25. The first kappa shape index (κ1) is 14.0. The summed E-state index contributed by atoms with van der Waals surface area (Å²) >= 11 is 0. The van der Waals surface area contributed by atoms with Gasteiger partial charge in [0.2, 0.25) is 0 Å². The Morgan fingerprint density at radius 3 is 2.68 bits per heavy atom. The lowest BCUT2D eigenvalue weighted by Crippen LogP contribution is -2.43. The summed E-state index contributed by atoms with van der Waals surface area (Å²) in [6.45, 7) is 4.34. The maximum absolute atomic E-state index is 10.4. The Balaban J connectivity index is 1.90. The molecule has 0 radical (unpaired) electrons. The molecule has 2 atom stereocenters. The Bertz CT molecular complexity index is 465. The van der Waals surface area contributed by atoms with Crippen LogP contribution in [-0.4, -0.2) is 42.3 Å². The van der Waals surface area contributed by atoms with Crippen LogP contribution in [0.1, 0.15) is 30.5 Å². The normalized spacial score (nSPS) is 25.2. The first-order valence-corrected chi connectivity index (χ1v) is 6.67. The molecule has 1 saturated heterocycles. The van der Waals surface area contributed by atoms with Crippen LogP contribution in [0.25, 0.3) is 0 Å². The zero-order valence-corrected chi connectivity index (χ0v) is 11.6. The molecular weight excluding hydrogens is 238 g/mol. The first-order valence-electron chi connectivity index (χ1n) is 6.67. The lowest BCUT2D eigenvalue weighted by atomic mass is 10.0. The van der Waals surface area contributed by atoms with Gasteiger partial charge < -0.3 is 15.3 Å². The monoisotopic (exact) mass is 259 g/mol. The molecule has 4 nitrogen and oxygen atoms in total. The summed E-state index contributed by atoms with van der Waals surface area (Å²) in [5.74, 6) is 0. The van der Waals surface area contributed by atoms with Gasteiger partial charge in [-0.05, 0) is 38.1 Å². The third-order valence-corrected chi connectivity index (χ3v) is 3.80. The number of likely N-dealkylation sites (N-methyl/N-ethyl adjacent to an activating group) is 1. The van der Waals surface area contributed by atoms with Crippen molar-refractivity contribution in [1.82, 2.24) is 10.2 Å². The number of rotatable bonds is 4. The summed E-state index contributed by atoms with van der Waals surface area (Å²) < 4.78 is 0. The van der Waals surface area contributed by atoms with Gasteiger partial charge in [0.15, 0.2) is 0 Å². The molecule has 0 spiro atoms. The van der Waals surface area contributed by atoms with Crippen molar-refractivity contribution in [3.63, 3.8) is 0 Å². The molecule has 0 saturated carbocycles. The number of nitrogens with one attached hydrogen (secondary N) is 1. The second-order valence-electron chi connectivity index (χ2n) is 5.55. The van der Waals surface area contributed by atoms with Gasteiger partial charge in [-0.2, -0.15) is 5.26 Å². The maximum Gasteiger partial charge on any atom is 0.0991 e. The van der Waals surface area contributed by atoms with Gasteiger partial charge in [-0.25, -0.2) is 0 Å². The molecule has 1 heterocycles. The highest BCUT2D eigenvalue weighted by Gasteiger charge is 2.34. The van der Waals surface area contributed by atoms with Crippen LogP contribution < -0.4 is 5.32 Å². The molecular formula is C15H21N3O. The Kier molecular flexibility index (Phi) is 4.20. The third-order valence-electron chi connectivity index (χ3n) is 3.80. The lowest BCUT2D eigenvalue weighted by molar-refractivity contribution is 0.0494. The minimum atomic E-state index is -0.615. The second-order valence-corrected chi connectivity index (χ2v) is 5.55. The quantitative estimate of drug-likeness (QED) is 0.855. The number of hydrogen-bond acceptors (Lipinski definition) is 4. The molecule has 0 aliphatic carbocycles. The van der Waals surface area contributed by atoms with E-state index in [9.17, 15) is 5.11 Å². The van der Waals surface area contributed by atoms with Crippen LogP contribution in [0.4, 0.5) is 0 Å². The van der Waals surface area contributed by atoms with Crippen molar-refractivity contribution in [1.29, 1.82) is 5.26 Å². The standard InChI is InChI=1S/C15H21N3O/c1-12(14-5-3-13(9-16)4-6-14)17-10-15(19)7-8-18(2)11-15/h3-6,12,17,19H,7-8,10-11H2,1-2H3. The minimum Gasteiger partial charge on any atom is -0.387 e. The summed E-state index contributed by atoms with van der Waals surface area (Å²) in [7, 11) is 2.03. The Labute approximate surface area is 114 Å². The van der Waals surface area contributed by atoms with Gasteiger partial charge in [-0.3, -0.25) is 0 Å². The number of likely N-dealkylation sites (tertiary alicyclic amines) is 1. The zero-order valence-electron chi connectivity index (χ0n) is 11.6. The van der Waals surface area contributed by atoms with Gasteiger partial charge in [-0.1, -0.05) is 12.1 Å². The van der Waals surface area contributed by atoms with Crippen molar-refractivity contribution >= 4 is 0 Å². The molecule has 1 aliphatic rings. The maximum atomic E-state index is 10.4. The van der Waals surface area contributed by atoms with E-state index in [1.54, 1.807) is 0 Å². The molecule has 102 valence electrons. The summed E-state index contributed by atoms with van der Waals surface area (Å²) in [4.78, 5) is 2.15. The van der Waals surface area contributed by atoms with Crippen molar-refractivity contribution in [3.05, 3.63) is 35.4 Å². The highest BCUT2D eigenvalue weighted by molar-refractivity contribution is 5.32. The molecule has 19 heavy (non-hydrogen) atoms. The van der Waals surface area contributed by atoms with E-state index >= 15 is 0 Å². The molecule has 0 aromatic heterocycles. The van der Waals surface area contributed by atoms with E-state index in [2.05, 4.69) is 23.2 Å². The molecule has 4 heteroatoms. The fraction of sp³-hybridized carbons (Fsp3) is 0.533. The Morgan fingerprint density at radius 2 is 2.16 bits per heavy atom. The first-order chi connectivity index (χ1) is 9.02. The van der Waals surface area contributed by atoms with E-state index in [4.69, 9.17) is 5.26 Å². The van der Waals surface area contributed by atoms with Crippen molar-refractivity contribution in [2.75, 3.05) is 26.7 Å². The predicted molar refractivity (Wildman–Crippen MR) is 74.6 cm³/mol. The van der Waals surface area contributed by atoms with Crippen LogP contribution in [0, 0.1) is 11.3 Å². The van der Waals surface area contributed by atoms with E-state index in [1.807, 2.05) is 31.3 Å². The summed E-state index contributed by atoms with van der Waals surface area (Å²) in [5, 5.41) is 22.5. The topological polar surface area (TPSA) is 59.3 Å². The molecule has 0 amide bonds. The minimum absolute atomic E-state index is 0.169. The molecule has 1 aliphatic heterocycles. The molecule has 2 N–H and O–H groups in total. The van der Waals surface area contributed by atoms with E-state index in [1.165, 1.54) is 0 Å². The van der Waals surface area contributed by atoms with Crippen LogP contribution in [-0.2, 0) is 0 Å². The van der Waals surface area contributed by atoms with Gasteiger partial charge in [0.1, 0.15) is 0 Å². The molecule has 0 bridgehead atoms. The number of β-amino-alcohol motifs (C(OH)–C–C–N with tert-alkyl or cyclic N) is 1. The smallest absolute Gasteiger partial charge is 0.0991 e. The van der Waals surface area contributed by atoms with Gasteiger partial charge in [0.05, 0.1) is 17.2 Å².